The lowest BCUT2D eigenvalue weighted by molar-refractivity contribution is -0.384. The molecule has 0 spiro atoms. The summed E-state index contributed by atoms with van der Waals surface area (Å²) in [6.45, 7) is 4.97. The number of nitrogens with zero attached hydrogens (tertiary/aromatic N) is 1. The predicted octanol–water partition coefficient (Wildman–Crippen LogP) is 3.37. The molecule has 0 saturated heterocycles. The van der Waals surface area contributed by atoms with Crippen LogP contribution in [0, 0.1) is 25.0 Å². The van der Waals surface area contributed by atoms with Gasteiger partial charge in [0.1, 0.15) is 0 Å². The first-order chi connectivity index (χ1) is 9.35. The van der Waals surface area contributed by atoms with Crippen LogP contribution in [0.3, 0.4) is 0 Å². The molecule has 0 atom stereocenters. The fraction of sp³-hybridized carbons (Fsp3) is 0.500. The number of hydrogen-bond acceptors (Lipinski definition) is 3. The Balaban J connectivity index is 2.09. The van der Waals surface area contributed by atoms with E-state index in [-0.39, 0.29) is 17.0 Å². The lowest BCUT2D eigenvalue weighted by Crippen LogP contribution is -2.33. The number of non-ortho nitro benzene ring substituents is 1. The molecule has 2 rings (SSSR count). The summed E-state index contributed by atoms with van der Waals surface area (Å²) in [5, 5.41) is 13.7. The normalized spacial score (nSPS) is 16.0. The first-order valence-corrected chi connectivity index (χ1v) is 7.66. The number of rotatable bonds is 5. The van der Waals surface area contributed by atoms with Crippen LogP contribution < -0.4 is 5.32 Å². The van der Waals surface area contributed by atoms with E-state index >= 15 is 0 Å². The van der Waals surface area contributed by atoms with Crippen molar-refractivity contribution in [3.8, 4) is 0 Å². The van der Waals surface area contributed by atoms with Gasteiger partial charge in [-0.3, -0.25) is 14.9 Å². The third-order valence-corrected chi connectivity index (χ3v) is 5.06. The van der Waals surface area contributed by atoms with Crippen molar-refractivity contribution in [2.45, 2.75) is 26.7 Å². The van der Waals surface area contributed by atoms with Gasteiger partial charge in [0.15, 0.2) is 0 Å². The second-order valence-corrected chi connectivity index (χ2v) is 6.78. The van der Waals surface area contributed by atoms with Gasteiger partial charge in [-0.05, 0) is 52.8 Å². The smallest absolute Gasteiger partial charge is 0.270 e. The third kappa shape index (κ3) is 3.11. The molecule has 1 aliphatic carbocycles. The Morgan fingerprint density at radius 1 is 1.50 bits per heavy atom. The van der Waals surface area contributed by atoms with Gasteiger partial charge in [-0.25, -0.2) is 0 Å². The predicted molar refractivity (Wildman–Crippen MR) is 84.7 cm³/mol. The van der Waals surface area contributed by atoms with Crippen molar-refractivity contribution in [2.75, 3.05) is 6.54 Å². The SMILES string of the molecule is CC(C)C1(CNC(=O)c2cc([N+](=O)[O-])ccc2I)CC1. The molecule has 0 aromatic heterocycles. The quantitative estimate of drug-likeness (QED) is 0.478. The fourth-order valence-corrected chi connectivity index (χ4v) is 2.85. The summed E-state index contributed by atoms with van der Waals surface area (Å²) in [6, 6.07) is 4.35. The number of amides is 1. The van der Waals surface area contributed by atoms with Crippen LogP contribution in [0.25, 0.3) is 0 Å². The second kappa shape index (κ2) is 5.67. The summed E-state index contributed by atoms with van der Waals surface area (Å²) in [5.41, 5.74) is 0.543. The highest BCUT2D eigenvalue weighted by molar-refractivity contribution is 14.1. The molecule has 20 heavy (non-hydrogen) atoms. The molecule has 0 heterocycles. The number of hydrogen-bond donors (Lipinski definition) is 1. The van der Waals surface area contributed by atoms with Gasteiger partial charge in [0.2, 0.25) is 0 Å². The van der Waals surface area contributed by atoms with Crippen LogP contribution >= 0.6 is 22.6 Å². The van der Waals surface area contributed by atoms with Crippen LogP contribution in [0.2, 0.25) is 0 Å². The largest absolute Gasteiger partial charge is 0.351 e. The van der Waals surface area contributed by atoms with Gasteiger partial charge in [0.25, 0.3) is 11.6 Å². The molecular weight excluding hydrogens is 371 g/mol. The number of nitro benzene ring substituents is 1. The van der Waals surface area contributed by atoms with Crippen LogP contribution in [0.15, 0.2) is 18.2 Å². The van der Waals surface area contributed by atoms with Gasteiger partial charge in [-0.2, -0.15) is 0 Å². The Hall–Kier alpha value is -1.18. The molecule has 1 aromatic carbocycles. The summed E-state index contributed by atoms with van der Waals surface area (Å²) in [6.07, 6.45) is 2.27. The molecule has 1 aromatic rings. The third-order valence-electron chi connectivity index (χ3n) is 4.12. The van der Waals surface area contributed by atoms with Crippen molar-refractivity contribution in [1.29, 1.82) is 0 Å². The van der Waals surface area contributed by atoms with E-state index in [2.05, 4.69) is 19.2 Å². The van der Waals surface area contributed by atoms with Crippen LogP contribution in [-0.2, 0) is 0 Å². The molecule has 5 nitrogen and oxygen atoms in total. The maximum absolute atomic E-state index is 12.2. The Morgan fingerprint density at radius 2 is 2.15 bits per heavy atom. The Morgan fingerprint density at radius 3 is 2.65 bits per heavy atom. The molecule has 0 aliphatic heterocycles. The van der Waals surface area contributed by atoms with Crippen molar-refractivity contribution in [2.24, 2.45) is 11.3 Å². The number of nitro groups is 1. The molecule has 6 heteroatoms. The Labute approximate surface area is 131 Å². The zero-order valence-electron chi connectivity index (χ0n) is 11.5. The van der Waals surface area contributed by atoms with E-state index in [1.807, 2.05) is 22.6 Å². The molecule has 1 aliphatic rings. The van der Waals surface area contributed by atoms with Crippen molar-refractivity contribution in [3.63, 3.8) is 0 Å². The molecule has 108 valence electrons. The number of carbonyl (C=O) groups excluding carboxylic acids is 1. The molecule has 1 amide bonds. The first kappa shape index (κ1) is 15.2. The number of carbonyl (C=O) groups is 1. The van der Waals surface area contributed by atoms with Gasteiger partial charge in [-0.15, -0.1) is 0 Å². The van der Waals surface area contributed by atoms with E-state index in [1.165, 1.54) is 12.1 Å². The summed E-state index contributed by atoms with van der Waals surface area (Å²) >= 11 is 2.02. The highest BCUT2D eigenvalue weighted by atomic mass is 127. The van der Waals surface area contributed by atoms with E-state index in [9.17, 15) is 14.9 Å². The number of halogens is 1. The minimum absolute atomic E-state index is 0.0550. The number of nitrogens with one attached hydrogen (secondary N) is 1. The van der Waals surface area contributed by atoms with Crippen LogP contribution in [-0.4, -0.2) is 17.4 Å². The molecule has 0 unspecified atom stereocenters. The Bertz CT molecular complexity index is 553. The zero-order valence-corrected chi connectivity index (χ0v) is 13.6. The zero-order chi connectivity index (χ0) is 14.9. The highest BCUT2D eigenvalue weighted by Gasteiger charge is 2.45. The minimum atomic E-state index is -0.483. The Kier molecular flexibility index (Phi) is 4.31. The van der Waals surface area contributed by atoms with Crippen LogP contribution in [0.1, 0.15) is 37.0 Å². The van der Waals surface area contributed by atoms with Crippen molar-refractivity contribution >= 4 is 34.2 Å². The van der Waals surface area contributed by atoms with E-state index in [0.29, 0.717) is 18.0 Å². The number of benzene rings is 1. The average molecular weight is 388 g/mol. The minimum Gasteiger partial charge on any atom is -0.351 e. The van der Waals surface area contributed by atoms with Crippen molar-refractivity contribution in [1.82, 2.24) is 5.32 Å². The molecule has 0 bridgehead atoms. The van der Waals surface area contributed by atoms with Crippen LogP contribution in [0.5, 0.6) is 0 Å². The van der Waals surface area contributed by atoms with Gasteiger partial charge in [-0.1, -0.05) is 13.8 Å². The van der Waals surface area contributed by atoms with Gasteiger partial charge in [0.05, 0.1) is 10.5 Å². The van der Waals surface area contributed by atoms with Crippen molar-refractivity contribution in [3.05, 3.63) is 37.4 Å². The second-order valence-electron chi connectivity index (χ2n) is 5.62. The van der Waals surface area contributed by atoms with E-state index in [4.69, 9.17) is 0 Å². The molecular formula is C14H17IN2O3. The topological polar surface area (TPSA) is 72.2 Å². The maximum Gasteiger partial charge on any atom is 0.270 e. The lowest BCUT2D eigenvalue weighted by atomic mass is 9.92. The first-order valence-electron chi connectivity index (χ1n) is 6.58. The molecule has 0 radical (unpaired) electrons. The van der Waals surface area contributed by atoms with Gasteiger partial charge >= 0.3 is 0 Å². The molecule has 1 N–H and O–H groups in total. The van der Waals surface area contributed by atoms with E-state index in [0.717, 1.165) is 16.4 Å². The monoisotopic (exact) mass is 388 g/mol. The summed E-state index contributed by atoms with van der Waals surface area (Å²) in [7, 11) is 0. The molecule has 1 fully saturated rings. The van der Waals surface area contributed by atoms with E-state index < -0.39 is 4.92 Å². The van der Waals surface area contributed by atoms with Crippen LogP contribution in [0.4, 0.5) is 5.69 Å². The summed E-state index contributed by atoms with van der Waals surface area (Å²) in [5.74, 6) is 0.303. The van der Waals surface area contributed by atoms with Crippen molar-refractivity contribution < 1.29 is 9.72 Å². The highest BCUT2D eigenvalue weighted by Crippen LogP contribution is 2.51. The lowest BCUT2D eigenvalue weighted by Gasteiger charge is -2.20. The van der Waals surface area contributed by atoms with Gasteiger partial charge < -0.3 is 5.32 Å². The van der Waals surface area contributed by atoms with E-state index in [1.54, 1.807) is 6.07 Å². The van der Waals surface area contributed by atoms with Gasteiger partial charge in [0, 0.05) is 22.2 Å². The molecule has 1 saturated carbocycles. The summed E-state index contributed by atoms with van der Waals surface area (Å²) in [4.78, 5) is 22.5. The maximum atomic E-state index is 12.2. The summed E-state index contributed by atoms with van der Waals surface area (Å²) < 4.78 is 0.722. The average Bonchev–Trinajstić information content (AvgIpc) is 3.17. The fourth-order valence-electron chi connectivity index (χ4n) is 2.27. The standard InChI is InChI=1S/C14H17IN2O3/c1-9(2)14(5-6-14)8-16-13(18)11-7-10(17(19)20)3-4-12(11)15/h3-4,7,9H,5-6,8H2,1-2H3,(H,16,18).